The summed E-state index contributed by atoms with van der Waals surface area (Å²) in [6.45, 7) is 3.67. The predicted molar refractivity (Wildman–Crippen MR) is 64.3 cm³/mol. The van der Waals surface area contributed by atoms with Gasteiger partial charge in [-0.3, -0.25) is 0 Å². The molecular formula is C13H13FN2O. The van der Waals surface area contributed by atoms with Crippen molar-refractivity contribution in [1.29, 1.82) is 5.26 Å². The van der Waals surface area contributed by atoms with Crippen LogP contribution in [-0.2, 0) is 0 Å². The van der Waals surface area contributed by atoms with Crippen LogP contribution in [0.15, 0.2) is 28.9 Å². The van der Waals surface area contributed by atoms with Crippen molar-refractivity contribution in [3.63, 3.8) is 0 Å². The minimum absolute atomic E-state index is 0.00513. The van der Waals surface area contributed by atoms with Gasteiger partial charge in [-0.15, -0.1) is 0 Å². The molecule has 1 aromatic rings. The Hall–Kier alpha value is -2.15. The van der Waals surface area contributed by atoms with Gasteiger partial charge in [0, 0.05) is 0 Å². The fraction of sp³-hybridized carbons (Fsp3) is 0.231. The fourth-order valence-electron chi connectivity index (χ4n) is 1.48. The Balaban J connectivity index is 3.11. The van der Waals surface area contributed by atoms with Gasteiger partial charge < -0.3 is 5.21 Å². The molecule has 0 heterocycles. The van der Waals surface area contributed by atoms with Gasteiger partial charge in [-0.05, 0) is 36.6 Å². The van der Waals surface area contributed by atoms with Crippen LogP contribution in [0.1, 0.15) is 31.4 Å². The van der Waals surface area contributed by atoms with Crippen LogP contribution in [0.3, 0.4) is 0 Å². The van der Waals surface area contributed by atoms with E-state index in [0.717, 1.165) is 5.57 Å². The highest BCUT2D eigenvalue weighted by molar-refractivity contribution is 6.02. The third-order valence-corrected chi connectivity index (χ3v) is 2.40. The van der Waals surface area contributed by atoms with Crippen molar-refractivity contribution in [3.8, 4) is 6.07 Å². The van der Waals surface area contributed by atoms with E-state index in [1.54, 1.807) is 25.1 Å². The summed E-state index contributed by atoms with van der Waals surface area (Å²) in [4.78, 5) is 0. The summed E-state index contributed by atoms with van der Waals surface area (Å²) >= 11 is 0. The Morgan fingerprint density at radius 2 is 2.29 bits per heavy atom. The number of benzene rings is 1. The van der Waals surface area contributed by atoms with Gasteiger partial charge in [-0.25, -0.2) is 4.39 Å². The zero-order valence-corrected chi connectivity index (χ0v) is 9.74. The summed E-state index contributed by atoms with van der Waals surface area (Å²) in [5, 5.41) is 20.6. The standard InChI is InChI=1S/C13H13FN2O/c1-3-13(16-17)9(2)6-10-4-5-12(14)11(7-10)8-15/h4-7,17H,3H2,1-2H3. The van der Waals surface area contributed by atoms with E-state index in [0.29, 0.717) is 17.7 Å². The highest BCUT2D eigenvalue weighted by atomic mass is 19.1. The molecule has 1 N–H and O–H groups in total. The molecule has 0 aromatic heterocycles. The van der Waals surface area contributed by atoms with Gasteiger partial charge in [0.15, 0.2) is 0 Å². The normalized spacial score (nSPS) is 12.4. The van der Waals surface area contributed by atoms with Crippen molar-refractivity contribution in [2.24, 2.45) is 5.16 Å². The van der Waals surface area contributed by atoms with Gasteiger partial charge in [0.1, 0.15) is 11.9 Å². The van der Waals surface area contributed by atoms with E-state index in [1.165, 1.54) is 12.1 Å². The molecule has 0 radical (unpaired) electrons. The summed E-state index contributed by atoms with van der Waals surface area (Å²) in [5.41, 5.74) is 2.05. The molecule has 3 nitrogen and oxygen atoms in total. The average molecular weight is 232 g/mol. The summed E-state index contributed by atoms with van der Waals surface area (Å²) in [6, 6.07) is 6.07. The van der Waals surface area contributed by atoms with Crippen molar-refractivity contribution in [2.75, 3.05) is 0 Å². The van der Waals surface area contributed by atoms with Crippen LogP contribution >= 0.6 is 0 Å². The first kappa shape index (κ1) is 12.9. The quantitative estimate of drug-likeness (QED) is 0.493. The first-order valence-electron chi connectivity index (χ1n) is 5.21. The lowest BCUT2D eigenvalue weighted by Crippen LogP contribution is -1.97. The van der Waals surface area contributed by atoms with Gasteiger partial charge in [0.05, 0.1) is 11.3 Å². The third kappa shape index (κ3) is 3.15. The number of nitrogens with zero attached hydrogens (tertiary/aromatic N) is 2. The average Bonchev–Trinajstić information content (AvgIpc) is 2.33. The maximum atomic E-state index is 13.1. The molecule has 1 aromatic carbocycles. The molecule has 0 unspecified atom stereocenters. The molecule has 0 saturated carbocycles. The zero-order chi connectivity index (χ0) is 12.8. The Labute approximate surface area is 99.5 Å². The first-order valence-corrected chi connectivity index (χ1v) is 5.21. The molecule has 0 atom stereocenters. The van der Waals surface area contributed by atoms with Gasteiger partial charge in [0.25, 0.3) is 0 Å². The second-order valence-corrected chi connectivity index (χ2v) is 3.58. The molecule has 88 valence electrons. The summed E-state index contributed by atoms with van der Waals surface area (Å²) < 4.78 is 13.1. The van der Waals surface area contributed by atoms with E-state index in [4.69, 9.17) is 10.5 Å². The lowest BCUT2D eigenvalue weighted by atomic mass is 10.0. The maximum absolute atomic E-state index is 13.1. The fourth-order valence-corrected chi connectivity index (χ4v) is 1.48. The smallest absolute Gasteiger partial charge is 0.140 e. The number of oxime groups is 1. The van der Waals surface area contributed by atoms with E-state index >= 15 is 0 Å². The molecule has 0 bridgehead atoms. The summed E-state index contributed by atoms with van der Waals surface area (Å²) in [6.07, 6.45) is 2.35. The van der Waals surface area contributed by atoms with Gasteiger partial charge in [-0.1, -0.05) is 24.2 Å². The van der Waals surface area contributed by atoms with E-state index in [2.05, 4.69) is 5.16 Å². The van der Waals surface area contributed by atoms with Crippen LogP contribution in [0.5, 0.6) is 0 Å². The second kappa shape index (κ2) is 5.80. The Morgan fingerprint density at radius 3 is 2.82 bits per heavy atom. The van der Waals surface area contributed by atoms with Crippen molar-refractivity contribution in [3.05, 3.63) is 40.7 Å². The van der Waals surface area contributed by atoms with Crippen molar-refractivity contribution in [2.45, 2.75) is 20.3 Å². The minimum atomic E-state index is -0.533. The predicted octanol–water partition coefficient (Wildman–Crippen LogP) is 3.34. The monoisotopic (exact) mass is 232 g/mol. The molecule has 0 saturated heterocycles. The number of rotatable bonds is 3. The molecule has 17 heavy (non-hydrogen) atoms. The van der Waals surface area contributed by atoms with E-state index in [9.17, 15) is 4.39 Å². The third-order valence-electron chi connectivity index (χ3n) is 2.40. The summed E-state index contributed by atoms with van der Waals surface area (Å²) in [5.74, 6) is -0.533. The highest BCUT2D eigenvalue weighted by Gasteiger charge is 2.03. The zero-order valence-electron chi connectivity index (χ0n) is 9.74. The molecule has 0 aliphatic rings. The second-order valence-electron chi connectivity index (χ2n) is 3.58. The Bertz CT molecular complexity index is 513. The maximum Gasteiger partial charge on any atom is 0.140 e. The van der Waals surface area contributed by atoms with Gasteiger partial charge in [-0.2, -0.15) is 5.26 Å². The summed E-state index contributed by atoms with van der Waals surface area (Å²) in [7, 11) is 0. The van der Waals surface area contributed by atoms with E-state index in [-0.39, 0.29) is 5.56 Å². The van der Waals surface area contributed by atoms with Crippen LogP contribution < -0.4 is 0 Å². The van der Waals surface area contributed by atoms with E-state index in [1.807, 2.05) is 6.92 Å². The highest BCUT2D eigenvalue weighted by Crippen LogP contribution is 2.14. The molecule has 0 aliphatic heterocycles. The van der Waals surface area contributed by atoms with Gasteiger partial charge >= 0.3 is 0 Å². The minimum Gasteiger partial charge on any atom is -0.411 e. The van der Waals surface area contributed by atoms with Crippen molar-refractivity contribution < 1.29 is 9.60 Å². The van der Waals surface area contributed by atoms with E-state index < -0.39 is 5.82 Å². The number of hydrogen-bond donors (Lipinski definition) is 1. The SMILES string of the molecule is CCC(=NO)C(C)=Cc1ccc(F)c(C#N)c1. The molecule has 4 heteroatoms. The lowest BCUT2D eigenvalue weighted by Gasteiger charge is -2.02. The molecular weight excluding hydrogens is 219 g/mol. The first-order chi connectivity index (χ1) is 8.12. The number of halogens is 1. The number of allylic oxidation sites excluding steroid dienone is 1. The number of hydrogen-bond acceptors (Lipinski definition) is 3. The van der Waals surface area contributed by atoms with Crippen LogP contribution in [0.25, 0.3) is 6.08 Å². The van der Waals surface area contributed by atoms with Crippen molar-refractivity contribution >= 4 is 11.8 Å². The van der Waals surface area contributed by atoms with Crippen LogP contribution in [0.2, 0.25) is 0 Å². The largest absolute Gasteiger partial charge is 0.411 e. The van der Waals surface area contributed by atoms with Crippen LogP contribution in [-0.4, -0.2) is 10.9 Å². The molecule has 0 fully saturated rings. The molecule has 1 rings (SSSR count). The van der Waals surface area contributed by atoms with Crippen molar-refractivity contribution in [1.82, 2.24) is 0 Å². The van der Waals surface area contributed by atoms with Crippen LogP contribution in [0.4, 0.5) is 4.39 Å². The van der Waals surface area contributed by atoms with Crippen LogP contribution in [0, 0.1) is 17.1 Å². The van der Waals surface area contributed by atoms with Gasteiger partial charge in [0.2, 0.25) is 0 Å². The molecule has 0 spiro atoms. The number of nitriles is 1. The Kier molecular flexibility index (Phi) is 4.41. The lowest BCUT2D eigenvalue weighted by molar-refractivity contribution is 0.318. The molecule has 0 amide bonds. The topological polar surface area (TPSA) is 56.4 Å². The Morgan fingerprint density at radius 1 is 1.59 bits per heavy atom. The molecule has 0 aliphatic carbocycles.